The summed E-state index contributed by atoms with van der Waals surface area (Å²) in [5.74, 6) is -0.803. The van der Waals surface area contributed by atoms with E-state index in [-0.39, 0.29) is 46.8 Å². The highest BCUT2D eigenvalue weighted by Crippen LogP contribution is 2.38. The van der Waals surface area contributed by atoms with E-state index in [4.69, 9.17) is 9.47 Å². The minimum atomic E-state index is -4.01. The first-order chi connectivity index (χ1) is 18.8. The van der Waals surface area contributed by atoms with E-state index in [1.54, 1.807) is 55.8 Å². The van der Waals surface area contributed by atoms with Gasteiger partial charge in [0.25, 0.3) is 10.0 Å². The molecule has 2 aromatic carbocycles. The lowest BCUT2D eigenvalue weighted by Gasteiger charge is -2.19. The Morgan fingerprint density at radius 3 is 2.17 bits per heavy atom. The molecule has 0 fully saturated rings. The monoisotopic (exact) mass is 629 g/mol. The van der Waals surface area contributed by atoms with Crippen molar-refractivity contribution in [1.82, 2.24) is 19.7 Å². The molecule has 210 valence electrons. The van der Waals surface area contributed by atoms with Crippen LogP contribution in [-0.2, 0) is 22.5 Å². The number of benzene rings is 2. The number of hydrogen-bond acceptors (Lipinski definition) is 8. The fourth-order valence-corrected chi connectivity index (χ4v) is 5.03. The predicted octanol–water partition coefficient (Wildman–Crippen LogP) is 4.89. The molecule has 40 heavy (non-hydrogen) atoms. The number of hydrogen-bond donors (Lipinski definition) is 2. The SMILES string of the molecule is Cn1nc(OCCOc2ncc(Br)cn2)c(-c2ccc(C(=O)O)cc2)c1NS(=O)(=O)c1ccc(C(C)(C)C)cc1. The Balaban J connectivity index is 1.63. The number of rotatable bonds is 10. The van der Waals surface area contributed by atoms with Crippen molar-refractivity contribution in [2.24, 2.45) is 7.05 Å². The van der Waals surface area contributed by atoms with E-state index >= 15 is 0 Å². The van der Waals surface area contributed by atoms with E-state index in [1.807, 2.05) is 20.8 Å². The van der Waals surface area contributed by atoms with Crippen molar-refractivity contribution in [2.75, 3.05) is 17.9 Å². The molecule has 0 spiro atoms. The minimum absolute atomic E-state index is 0.0527. The quantitative estimate of drug-likeness (QED) is 0.234. The van der Waals surface area contributed by atoms with Crippen LogP contribution in [0.2, 0.25) is 0 Å². The number of aromatic carboxylic acids is 1. The summed E-state index contributed by atoms with van der Waals surface area (Å²) in [7, 11) is -2.43. The first-order valence-electron chi connectivity index (χ1n) is 12.1. The zero-order valence-electron chi connectivity index (χ0n) is 22.3. The van der Waals surface area contributed by atoms with Gasteiger partial charge in [0, 0.05) is 19.4 Å². The van der Waals surface area contributed by atoms with Crippen molar-refractivity contribution in [3.05, 3.63) is 76.5 Å². The van der Waals surface area contributed by atoms with Gasteiger partial charge >= 0.3 is 12.0 Å². The Hall–Kier alpha value is -3.97. The van der Waals surface area contributed by atoms with Crippen LogP contribution >= 0.6 is 15.9 Å². The Morgan fingerprint density at radius 1 is 1.00 bits per heavy atom. The number of aryl methyl sites for hydroxylation is 1. The number of sulfonamides is 1. The van der Waals surface area contributed by atoms with Gasteiger partial charge in [-0.15, -0.1) is 5.10 Å². The summed E-state index contributed by atoms with van der Waals surface area (Å²) >= 11 is 3.26. The van der Waals surface area contributed by atoms with Gasteiger partial charge in [-0.05, 0) is 56.7 Å². The van der Waals surface area contributed by atoms with Crippen LogP contribution in [0.3, 0.4) is 0 Å². The number of nitrogens with one attached hydrogen (secondary N) is 1. The average Bonchev–Trinajstić information content (AvgIpc) is 3.21. The summed E-state index contributed by atoms with van der Waals surface area (Å²) in [5.41, 5.74) is 1.80. The summed E-state index contributed by atoms with van der Waals surface area (Å²) in [4.78, 5) is 19.5. The summed E-state index contributed by atoms with van der Waals surface area (Å²) < 4.78 is 42.8. The zero-order chi connectivity index (χ0) is 29.1. The third-order valence-electron chi connectivity index (χ3n) is 5.85. The lowest BCUT2D eigenvalue weighted by Crippen LogP contribution is -2.17. The van der Waals surface area contributed by atoms with Gasteiger partial charge in [-0.3, -0.25) is 4.72 Å². The molecule has 0 aliphatic rings. The molecule has 0 bridgehead atoms. The van der Waals surface area contributed by atoms with E-state index < -0.39 is 16.0 Å². The maximum atomic E-state index is 13.4. The smallest absolute Gasteiger partial charge is 0.335 e. The van der Waals surface area contributed by atoms with E-state index in [9.17, 15) is 18.3 Å². The standard InChI is InChI=1S/C27H28BrN5O6S/c1-27(2,3)19-9-11-21(12-10-19)40(36,37)32-23-22(17-5-7-18(8-6-17)25(34)35)24(31-33(23)4)38-13-14-39-26-29-15-20(28)16-30-26/h5-12,15-16,32H,13-14H2,1-4H3,(H,34,35). The fourth-order valence-electron chi connectivity index (χ4n) is 3.72. The summed E-state index contributed by atoms with van der Waals surface area (Å²) in [6.45, 7) is 6.29. The molecular weight excluding hydrogens is 602 g/mol. The van der Waals surface area contributed by atoms with Crippen molar-refractivity contribution < 1.29 is 27.8 Å². The number of halogens is 1. The van der Waals surface area contributed by atoms with E-state index in [0.717, 1.165) is 5.56 Å². The van der Waals surface area contributed by atoms with Gasteiger partial charge in [-0.2, -0.15) is 0 Å². The van der Waals surface area contributed by atoms with Gasteiger partial charge in [0.05, 0.1) is 20.5 Å². The number of nitrogens with zero attached hydrogens (tertiary/aromatic N) is 4. The van der Waals surface area contributed by atoms with E-state index in [0.29, 0.717) is 15.6 Å². The third kappa shape index (κ3) is 6.77. The lowest BCUT2D eigenvalue weighted by molar-refractivity contribution is 0.0697. The number of carboxylic acid groups (broad SMARTS) is 1. The largest absolute Gasteiger partial charge is 0.478 e. The van der Waals surface area contributed by atoms with Crippen LogP contribution < -0.4 is 14.2 Å². The highest BCUT2D eigenvalue weighted by Gasteiger charge is 2.25. The number of anilines is 1. The second-order valence-corrected chi connectivity index (χ2v) is 12.4. The number of ether oxygens (including phenoxy) is 2. The molecule has 0 saturated heterocycles. The second-order valence-electron chi connectivity index (χ2n) is 9.80. The second kappa shape index (κ2) is 11.6. The first kappa shape index (κ1) is 29.0. The van der Waals surface area contributed by atoms with Gasteiger partial charge in [-0.1, -0.05) is 45.0 Å². The molecule has 0 aliphatic carbocycles. The Bertz CT molecular complexity index is 1600. The van der Waals surface area contributed by atoms with Crippen LogP contribution in [-0.4, -0.2) is 52.5 Å². The van der Waals surface area contributed by atoms with Crippen molar-refractivity contribution in [3.8, 4) is 23.0 Å². The van der Waals surface area contributed by atoms with E-state index in [2.05, 4.69) is 35.7 Å². The first-order valence-corrected chi connectivity index (χ1v) is 14.4. The molecule has 2 heterocycles. The molecule has 0 saturated carbocycles. The molecule has 4 aromatic rings. The predicted molar refractivity (Wildman–Crippen MR) is 152 cm³/mol. The highest BCUT2D eigenvalue weighted by atomic mass is 79.9. The Labute approximate surface area is 240 Å². The van der Waals surface area contributed by atoms with Crippen LogP contribution in [0.1, 0.15) is 36.7 Å². The van der Waals surface area contributed by atoms with Gasteiger partial charge in [0.15, 0.2) is 0 Å². The van der Waals surface area contributed by atoms with Crippen LogP contribution in [0.15, 0.2) is 70.3 Å². The summed E-state index contributed by atoms with van der Waals surface area (Å²) in [6, 6.07) is 12.8. The Morgan fingerprint density at radius 2 is 1.60 bits per heavy atom. The molecule has 4 rings (SSSR count). The lowest BCUT2D eigenvalue weighted by atomic mass is 9.87. The number of carbonyl (C=O) groups is 1. The topological polar surface area (TPSA) is 146 Å². The molecule has 2 N–H and O–H groups in total. The highest BCUT2D eigenvalue weighted by molar-refractivity contribution is 9.10. The summed E-state index contributed by atoms with van der Waals surface area (Å²) in [5, 5.41) is 13.7. The number of carboxylic acids is 1. The summed E-state index contributed by atoms with van der Waals surface area (Å²) in [6.07, 6.45) is 3.10. The van der Waals surface area contributed by atoms with Crippen molar-refractivity contribution in [3.63, 3.8) is 0 Å². The molecule has 0 unspecified atom stereocenters. The van der Waals surface area contributed by atoms with Crippen molar-refractivity contribution in [2.45, 2.75) is 31.1 Å². The normalized spacial score (nSPS) is 11.7. The van der Waals surface area contributed by atoms with Crippen molar-refractivity contribution >= 4 is 37.7 Å². The molecular formula is C27H28BrN5O6S. The van der Waals surface area contributed by atoms with Gasteiger partial charge in [-0.25, -0.2) is 27.9 Å². The van der Waals surface area contributed by atoms with Crippen LogP contribution in [0.4, 0.5) is 5.82 Å². The molecule has 13 heteroatoms. The van der Waals surface area contributed by atoms with Gasteiger partial charge < -0.3 is 14.6 Å². The molecule has 0 aliphatic heterocycles. The van der Waals surface area contributed by atoms with Gasteiger partial charge in [0.1, 0.15) is 19.0 Å². The molecule has 0 atom stereocenters. The molecule has 11 nitrogen and oxygen atoms in total. The van der Waals surface area contributed by atoms with E-state index in [1.165, 1.54) is 16.8 Å². The Kier molecular flexibility index (Phi) is 8.45. The number of aromatic nitrogens is 4. The maximum absolute atomic E-state index is 13.4. The minimum Gasteiger partial charge on any atom is -0.478 e. The zero-order valence-corrected chi connectivity index (χ0v) is 24.7. The van der Waals surface area contributed by atoms with Crippen LogP contribution in [0.25, 0.3) is 11.1 Å². The molecule has 2 aromatic heterocycles. The molecule has 0 amide bonds. The van der Waals surface area contributed by atoms with Crippen LogP contribution in [0, 0.1) is 0 Å². The third-order valence-corrected chi connectivity index (χ3v) is 7.61. The molecule has 0 radical (unpaired) electrons. The maximum Gasteiger partial charge on any atom is 0.335 e. The van der Waals surface area contributed by atoms with Crippen LogP contribution in [0.5, 0.6) is 11.9 Å². The van der Waals surface area contributed by atoms with Crippen molar-refractivity contribution in [1.29, 1.82) is 0 Å². The average molecular weight is 631 g/mol. The fraction of sp³-hybridized carbons (Fsp3) is 0.259. The van der Waals surface area contributed by atoms with Gasteiger partial charge in [0.2, 0.25) is 5.88 Å².